The number of H-pyrrole nitrogens is 2. The predicted molar refractivity (Wildman–Crippen MR) is 95.8 cm³/mol. The zero-order chi connectivity index (χ0) is 18.6. The van der Waals surface area contributed by atoms with E-state index in [1.54, 1.807) is 0 Å². The summed E-state index contributed by atoms with van der Waals surface area (Å²) in [6.07, 6.45) is 3.62. The van der Waals surface area contributed by atoms with E-state index < -0.39 is 0 Å². The SMILES string of the molecule is c1[nH]nnc1CN1CCOCCOCCN(Cc2c[nH]nn2)CCOCC1. The Morgan fingerprint density at radius 1 is 0.667 bits per heavy atom. The van der Waals surface area contributed by atoms with Gasteiger partial charge in [-0.3, -0.25) is 20.0 Å². The summed E-state index contributed by atoms with van der Waals surface area (Å²) in [6, 6.07) is 0. The maximum atomic E-state index is 5.86. The van der Waals surface area contributed by atoms with Crippen LogP contribution >= 0.6 is 0 Å². The third kappa shape index (κ3) is 7.69. The van der Waals surface area contributed by atoms with Gasteiger partial charge in [0.1, 0.15) is 0 Å². The molecule has 150 valence electrons. The van der Waals surface area contributed by atoms with Gasteiger partial charge in [-0.15, -0.1) is 10.2 Å². The van der Waals surface area contributed by atoms with Crippen LogP contribution in [0, 0.1) is 0 Å². The molecule has 0 aromatic carbocycles. The van der Waals surface area contributed by atoms with Gasteiger partial charge in [0.25, 0.3) is 0 Å². The largest absolute Gasteiger partial charge is 0.379 e. The van der Waals surface area contributed by atoms with Crippen LogP contribution in [0.5, 0.6) is 0 Å². The van der Waals surface area contributed by atoms with E-state index in [2.05, 4.69) is 40.6 Å². The summed E-state index contributed by atoms with van der Waals surface area (Å²) in [5.41, 5.74) is 1.82. The van der Waals surface area contributed by atoms with E-state index in [1.807, 2.05) is 12.4 Å². The average molecular weight is 380 g/mol. The molecule has 0 amide bonds. The van der Waals surface area contributed by atoms with Gasteiger partial charge < -0.3 is 14.2 Å². The maximum Gasteiger partial charge on any atom is 0.0964 e. The zero-order valence-electron chi connectivity index (χ0n) is 15.5. The second-order valence-corrected chi connectivity index (χ2v) is 6.32. The Balaban J connectivity index is 1.47. The van der Waals surface area contributed by atoms with Crippen molar-refractivity contribution in [3.05, 3.63) is 23.8 Å². The molecule has 0 bridgehead atoms. The molecule has 11 heteroatoms. The highest BCUT2D eigenvalue weighted by Gasteiger charge is 2.11. The molecule has 0 aliphatic carbocycles. The Bertz CT molecular complexity index is 543. The van der Waals surface area contributed by atoms with Crippen molar-refractivity contribution in [2.75, 3.05) is 65.8 Å². The molecule has 1 saturated heterocycles. The minimum absolute atomic E-state index is 0.595. The number of hydrogen-bond donors (Lipinski definition) is 2. The number of nitrogens with zero attached hydrogens (tertiary/aromatic N) is 6. The Kier molecular flexibility index (Phi) is 8.61. The molecule has 0 spiro atoms. The average Bonchev–Trinajstić information content (AvgIpc) is 3.36. The summed E-state index contributed by atoms with van der Waals surface area (Å²) < 4.78 is 17.2. The van der Waals surface area contributed by atoms with Crippen LogP contribution in [0.1, 0.15) is 11.4 Å². The van der Waals surface area contributed by atoms with Gasteiger partial charge in [-0.05, 0) is 0 Å². The summed E-state index contributed by atoms with van der Waals surface area (Å²) in [5.74, 6) is 0. The van der Waals surface area contributed by atoms with Crippen molar-refractivity contribution in [1.29, 1.82) is 0 Å². The molecule has 2 aromatic rings. The lowest BCUT2D eigenvalue weighted by Gasteiger charge is -2.22. The highest BCUT2D eigenvalue weighted by atomic mass is 16.5. The van der Waals surface area contributed by atoms with Crippen LogP contribution < -0.4 is 0 Å². The monoisotopic (exact) mass is 380 g/mol. The quantitative estimate of drug-likeness (QED) is 0.709. The molecule has 3 heterocycles. The number of aromatic amines is 2. The number of ether oxygens (including phenoxy) is 3. The van der Waals surface area contributed by atoms with Crippen molar-refractivity contribution in [3.63, 3.8) is 0 Å². The van der Waals surface area contributed by atoms with Gasteiger partial charge >= 0.3 is 0 Å². The lowest BCUT2D eigenvalue weighted by molar-refractivity contribution is 0.0309. The first-order valence-corrected chi connectivity index (χ1v) is 9.29. The van der Waals surface area contributed by atoms with Gasteiger partial charge in [-0.2, -0.15) is 0 Å². The third-order valence-corrected chi connectivity index (χ3v) is 4.29. The number of hydrogen-bond acceptors (Lipinski definition) is 9. The molecule has 0 saturated carbocycles. The molecule has 0 atom stereocenters. The molecule has 1 fully saturated rings. The van der Waals surface area contributed by atoms with Gasteiger partial charge in [-0.1, -0.05) is 10.4 Å². The van der Waals surface area contributed by atoms with Crippen LogP contribution in [0.4, 0.5) is 0 Å². The number of nitrogens with one attached hydrogen (secondary N) is 2. The lowest BCUT2D eigenvalue weighted by atomic mass is 10.4. The third-order valence-electron chi connectivity index (χ3n) is 4.29. The van der Waals surface area contributed by atoms with Crippen LogP contribution in [0.25, 0.3) is 0 Å². The van der Waals surface area contributed by atoms with Crippen molar-refractivity contribution < 1.29 is 14.2 Å². The van der Waals surface area contributed by atoms with E-state index in [0.29, 0.717) is 39.6 Å². The summed E-state index contributed by atoms with van der Waals surface area (Å²) in [6.45, 7) is 8.51. The predicted octanol–water partition coefficient (Wildman–Crippen LogP) is -0.710. The van der Waals surface area contributed by atoms with E-state index in [-0.39, 0.29) is 0 Å². The minimum atomic E-state index is 0.595. The highest BCUT2D eigenvalue weighted by molar-refractivity contribution is 4.90. The highest BCUT2D eigenvalue weighted by Crippen LogP contribution is 2.02. The first-order valence-electron chi connectivity index (χ1n) is 9.29. The van der Waals surface area contributed by atoms with Crippen LogP contribution in [0.2, 0.25) is 0 Å². The number of aromatic nitrogens is 6. The molecule has 1 aliphatic rings. The second-order valence-electron chi connectivity index (χ2n) is 6.32. The topological polar surface area (TPSA) is 117 Å². The van der Waals surface area contributed by atoms with Gasteiger partial charge in [0, 0.05) is 51.7 Å². The smallest absolute Gasteiger partial charge is 0.0964 e. The zero-order valence-corrected chi connectivity index (χ0v) is 15.5. The summed E-state index contributed by atoms with van der Waals surface area (Å²) in [5, 5.41) is 21.1. The van der Waals surface area contributed by atoms with Crippen LogP contribution in [-0.4, -0.2) is 106 Å². The van der Waals surface area contributed by atoms with Crippen molar-refractivity contribution >= 4 is 0 Å². The first kappa shape index (κ1) is 19.8. The van der Waals surface area contributed by atoms with Crippen LogP contribution in [-0.2, 0) is 27.3 Å². The minimum Gasteiger partial charge on any atom is -0.379 e. The molecule has 0 unspecified atom stereocenters. The van der Waals surface area contributed by atoms with E-state index in [1.165, 1.54) is 0 Å². The molecular formula is C16H28N8O3. The van der Waals surface area contributed by atoms with Crippen molar-refractivity contribution in [1.82, 2.24) is 40.6 Å². The Morgan fingerprint density at radius 3 is 1.44 bits per heavy atom. The normalized spacial score (nSPS) is 20.1. The van der Waals surface area contributed by atoms with Crippen LogP contribution in [0.3, 0.4) is 0 Å². The fraction of sp³-hybridized carbons (Fsp3) is 0.750. The van der Waals surface area contributed by atoms with Gasteiger partial charge in [0.05, 0.1) is 51.0 Å². The molecule has 27 heavy (non-hydrogen) atoms. The second kappa shape index (κ2) is 11.7. The standard InChI is InChI=1S/C16H28N8O3/c1-5-25-6-2-24(14-16-12-18-22-20-16)4-8-27-10-9-26-7-3-23(1)13-15-11-17-21-19-15/h11-12H,1-10,13-14H2,(H,17,19,21)(H,18,20,22). The Morgan fingerprint density at radius 2 is 1.07 bits per heavy atom. The van der Waals surface area contributed by atoms with E-state index >= 15 is 0 Å². The van der Waals surface area contributed by atoms with E-state index in [9.17, 15) is 0 Å². The maximum absolute atomic E-state index is 5.86. The van der Waals surface area contributed by atoms with Gasteiger partial charge in [0.2, 0.25) is 0 Å². The van der Waals surface area contributed by atoms with Crippen molar-refractivity contribution in [3.8, 4) is 0 Å². The molecular weight excluding hydrogens is 352 g/mol. The summed E-state index contributed by atoms with van der Waals surface area (Å²) >= 11 is 0. The summed E-state index contributed by atoms with van der Waals surface area (Å²) in [7, 11) is 0. The first-order chi connectivity index (χ1) is 13.4. The number of rotatable bonds is 4. The Hall–Kier alpha value is -1.92. The molecule has 1 aliphatic heterocycles. The molecule has 3 rings (SSSR count). The Labute approximate surface area is 158 Å². The van der Waals surface area contributed by atoms with Crippen molar-refractivity contribution in [2.45, 2.75) is 13.1 Å². The van der Waals surface area contributed by atoms with Crippen molar-refractivity contribution in [2.24, 2.45) is 0 Å². The lowest BCUT2D eigenvalue weighted by Crippen LogP contribution is -2.33. The fourth-order valence-electron chi connectivity index (χ4n) is 2.80. The van der Waals surface area contributed by atoms with Crippen LogP contribution in [0.15, 0.2) is 12.4 Å². The van der Waals surface area contributed by atoms with E-state index in [4.69, 9.17) is 14.2 Å². The molecule has 2 aromatic heterocycles. The van der Waals surface area contributed by atoms with Gasteiger partial charge in [-0.25, -0.2) is 0 Å². The van der Waals surface area contributed by atoms with E-state index in [0.717, 1.165) is 50.7 Å². The molecule has 2 N–H and O–H groups in total. The summed E-state index contributed by atoms with van der Waals surface area (Å²) in [4.78, 5) is 4.51. The van der Waals surface area contributed by atoms with Gasteiger partial charge in [0.15, 0.2) is 0 Å². The molecule has 0 radical (unpaired) electrons. The fourth-order valence-corrected chi connectivity index (χ4v) is 2.80. The molecule has 11 nitrogen and oxygen atoms in total.